The second-order valence-corrected chi connectivity index (χ2v) is 8.47. The summed E-state index contributed by atoms with van der Waals surface area (Å²) >= 11 is 1.69. The Morgan fingerprint density at radius 3 is 2.75 bits per heavy atom. The van der Waals surface area contributed by atoms with Crippen LogP contribution in [0.5, 0.6) is 0 Å². The summed E-state index contributed by atoms with van der Waals surface area (Å²) in [6.07, 6.45) is 11.6. The number of aromatic amines is 1. The van der Waals surface area contributed by atoms with E-state index in [2.05, 4.69) is 9.88 Å². The fourth-order valence-electron chi connectivity index (χ4n) is 3.98. The Hall–Kier alpha value is -2.25. The predicted molar refractivity (Wildman–Crippen MR) is 113 cm³/mol. The maximum atomic E-state index is 12.7. The molecule has 2 aromatic rings. The molecule has 0 unspecified atom stereocenters. The van der Waals surface area contributed by atoms with Gasteiger partial charge in [-0.25, -0.2) is 4.98 Å². The average molecular weight is 399 g/mol. The van der Waals surface area contributed by atoms with Crippen LogP contribution in [0.4, 0.5) is 0 Å². The molecule has 0 aromatic carbocycles. The number of hydrogen-bond donors (Lipinski definition) is 1. The molecule has 4 rings (SSSR count). The van der Waals surface area contributed by atoms with Crippen molar-refractivity contribution in [2.75, 3.05) is 26.2 Å². The van der Waals surface area contributed by atoms with Crippen molar-refractivity contribution in [1.82, 2.24) is 19.8 Å². The molecule has 7 heteroatoms. The van der Waals surface area contributed by atoms with Gasteiger partial charge in [-0.2, -0.15) is 0 Å². The third-order valence-corrected chi connectivity index (χ3v) is 6.66. The number of aryl methyl sites for hydroxylation is 2. The Kier molecular flexibility index (Phi) is 5.73. The quantitative estimate of drug-likeness (QED) is 0.635. The number of thiophene rings is 1. The van der Waals surface area contributed by atoms with Gasteiger partial charge >= 0.3 is 0 Å². The van der Waals surface area contributed by atoms with Gasteiger partial charge in [0.2, 0.25) is 5.91 Å². The van der Waals surface area contributed by atoms with E-state index in [4.69, 9.17) is 4.98 Å². The van der Waals surface area contributed by atoms with Crippen molar-refractivity contribution in [3.63, 3.8) is 0 Å². The number of carbonyl (C=O) groups is 1. The molecule has 6 nitrogen and oxygen atoms in total. The zero-order valence-corrected chi connectivity index (χ0v) is 17.1. The maximum Gasteiger partial charge on any atom is 0.259 e. The Labute approximate surface area is 168 Å². The monoisotopic (exact) mass is 398 g/mol. The molecule has 0 radical (unpaired) electrons. The SMILES string of the molecule is CC=CC=CC(=O)N1CCN(Cc2nc3sc4c(c3c(=O)[nH]2)CCCC4)CC1. The van der Waals surface area contributed by atoms with E-state index in [-0.39, 0.29) is 11.5 Å². The van der Waals surface area contributed by atoms with E-state index in [0.717, 1.165) is 48.4 Å². The van der Waals surface area contributed by atoms with Gasteiger partial charge in [0.25, 0.3) is 5.56 Å². The molecule has 1 aliphatic carbocycles. The van der Waals surface area contributed by atoms with Crippen molar-refractivity contribution in [1.29, 1.82) is 0 Å². The number of carbonyl (C=O) groups excluding carboxylic acids is 1. The fourth-order valence-corrected chi connectivity index (χ4v) is 5.26. The standard InChI is InChI=1S/C21H26N4O2S/c1-2-3-4-9-18(26)25-12-10-24(11-13-25)14-17-22-20(27)19-15-7-5-6-8-16(15)28-21(19)23-17/h2-4,9H,5-8,10-14H2,1H3,(H,22,23,27). The predicted octanol–water partition coefficient (Wildman–Crippen LogP) is 2.64. The van der Waals surface area contributed by atoms with Crippen molar-refractivity contribution in [2.45, 2.75) is 39.2 Å². The van der Waals surface area contributed by atoms with Crippen LogP contribution in [-0.2, 0) is 24.2 Å². The number of H-pyrrole nitrogens is 1. The molecule has 3 heterocycles. The number of hydrogen-bond acceptors (Lipinski definition) is 5. The third-order valence-electron chi connectivity index (χ3n) is 5.47. The maximum absolute atomic E-state index is 12.7. The van der Waals surface area contributed by atoms with E-state index in [1.54, 1.807) is 23.5 Å². The first-order chi connectivity index (χ1) is 13.7. The Bertz CT molecular complexity index is 980. The lowest BCUT2D eigenvalue weighted by molar-refractivity contribution is -0.127. The van der Waals surface area contributed by atoms with Crippen molar-refractivity contribution in [3.8, 4) is 0 Å². The molecule has 28 heavy (non-hydrogen) atoms. The van der Waals surface area contributed by atoms with Crippen LogP contribution in [0.15, 0.2) is 29.1 Å². The lowest BCUT2D eigenvalue weighted by Crippen LogP contribution is -2.48. The molecule has 1 saturated heterocycles. The molecule has 1 fully saturated rings. The van der Waals surface area contributed by atoms with Gasteiger partial charge in [-0.1, -0.05) is 18.2 Å². The van der Waals surface area contributed by atoms with Crippen molar-refractivity contribution in [3.05, 3.63) is 50.9 Å². The summed E-state index contributed by atoms with van der Waals surface area (Å²) in [5, 5.41) is 0.812. The summed E-state index contributed by atoms with van der Waals surface area (Å²) < 4.78 is 0. The second-order valence-electron chi connectivity index (χ2n) is 7.39. The zero-order valence-electron chi connectivity index (χ0n) is 16.2. The number of fused-ring (bicyclic) bond motifs is 3. The first-order valence-corrected chi connectivity index (χ1v) is 10.8. The minimum absolute atomic E-state index is 0.00216. The molecule has 0 bridgehead atoms. The van der Waals surface area contributed by atoms with Gasteiger partial charge in [-0.15, -0.1) is 11.3 Å². The molecule has 2 aliphatic rings. The van der Waals surface area contributed by atoms with E-state index in [1.807, 2.05) is 24.0 Å². The number of rotatable bonds is 4. The third kappa shape index (κ3) is 3.95. The topological polar surface area (TPSA) is 69.3 Å². The highest BCUT2D eigenvalue weighted by molar-refractivity contribution is 7.18. The Morgan fingerprint density at radius 2 is 1.96 bits per heavy atom. The van der Waals surface area contributed by atoms with Gasteiger partial charge in [0, 0.05) is 37.1 Å². The minimum atomic E-state index is 0.00216. The lowest BCUT2D eigenvalue weighted by atomic mass is 9.97. The first kappa shape index (κ1) is 19.1. The summed E-state index contributed by atoms with van der Waals surface area (Å²) in [6.45, 7) is 5.49. The van der Waals surface area contributed by atoms with Gasteiger partial charge in [-0.3, -0.25) is 14.5 Å². The van der Waals surface area contributed by atoms with Crippen LogP contribution in [0.1, 0.15) is 36.0 Å². The molecule has 148 valence electrons. The van der Waals surface area contributed by atoms with Crippen LogP contribution in [0, 0.1) is 0 Å². The molecular weight excluding hydrogens is 372 g/mol. The van der Waals surface area contributed by atoms with Gasteiger partial charge in [-0.05, 0) is 38.2 Å². The lowest BCUT2D eigenvalue weighted by Gasteiger charge is -2.33. The largest absolute Gasteiger partial charge is 0.337 e. The first-order valence-electron chi connectivity index (χ1n) is 10.00. The molecule has 0 saturated carbocycles. The van der Waals surface area contributed by atoms with Crippen molar-refractivity contribution in [2.24, 2.45) is 0 Å². The molecule has 0 spiro atoms. The fraction of sp³-hybridized carbons (Fsp3) is 0.476. The van der Waals surface area contributed by atoms with E-state index in [0.29, 0.717) is 19.6 Å². The van der Waals surface area contributed by atoms with Gasteiger partial charge in [0.15, 0.2) is 0 Å². The molecule has 1 aliphatic heterocycles. The molecule has 1 N–H and O–H groups in total. The molecule has 0 atom stereocenters. The van der Waals surface area contributed by atoms with Crippen LogP contribution < -0.4 is 5.56 Å². The van der Waals surface area contributed by atoms with Gasteiger partial charge in [0.1, 0.15) is 10.7 Å². The summed E-state index contributed by atoms with van der Waals surface area (Å²) in [4.78, 5) is 38.9. The van der Waals surface area contributed by atoms with Gasteiger partial charge in [0.05, 0.1) is 11.9 Å². The van der Waals surface area contributed by atoms with Crippen molar-refractivity contribution < 1.29 is 4.79 Å². The van der Waals surface area contributed by atoms with Crippen LogP contribution in [0.25, 0.3) is 10.2 Å². The van der Waals surface area contributed by atoms with Crippen LogP contribution in [-0.4, -0.2) is 51.9 Å². The molecular formula is C21H26N4O2S. The smallest absolute Gasteiger partial charge is 0.259 e. The number of nitrogens with one attached hydrogen (secondary N) is 1. The second kappa shape index (κ2) is 8.41. The molecule has 2 aromatic heterocycles. The number of amides is 1. The highest BCUT2D eigenvalue weighted by Gasteiger charge is 2.22. The average Bonchev–Trinajstić information content (AvgIpc) is 3.07. The van der Waals surface area contributed by atoms with E-state index >= 15 is 0 Å². The van der Waals surface area contributed by atoms with Gasteiger partial charge < -0.3 is 9.88 Å². The van der Waals surface area contributed by atoms with E-state index in [9.17, 15) is 9.59 Å². The number of nitrogens with zero attached hydrogens (tertiary/aromatic N) is 3. The Morgan fingerprint density at radius 1 is 1.18 bits per heavy atom. The number of aromatic nitrogens is 2. The summed E-state index contributed by atoms with van der Waals surface area (Å²) in [5.41, 5.74) is 1.23. The van der Waals surface area contributed by atoms with Crippen molar-refractivity contribution >= 4 is 27.5 Å². The Balaban J connectivity index is 1.42. The van der Waals surface area contributed by atoms with Crippen LogP contribution in [0.3, 0.4) is 0 Å². The van der Waals surface area contributed by atoms with E-state index < -0.39 is 0 Å². The van der Waals surface area contributed by atoms with Crippen LogP contribution in [0.2, 0.25) is 0 Å². The normalized spacial score (nSPS) is 18.4. The summed E-state index contributed by atoms with van der Waals surface area (Å²) in [7, 11) is 0. The highest BCUT2D eigenvalue weighted by Crippen LogP contribution is 2.33. The number of piperazine rings is 1. The van der Waals surface area contributed by atoms with Crippen LogP contribution >= 0.6 is 11.3 Å². The summed E-state index contributed by atoms with van der Waals surface area (Å²) in [6, 6.07) is 0. The minimum Gasteiger partial charge on any atom is -0.337 e. The highest BCUT2D eigenvalue weighted by atomic mass is 32.1. The van der Waals surface area contributed by atoms with E-state index in [1.165, 1.54) is 16.9 Å². The number of allylic oxidation sites excluding steroid dienone is 3. The molecule has 1 amide bonds. The summed E-state index contributed by atoms with van der Waals surface area (Å²) in [5.74, 6) is 0.777. The zero-order chi connectivity index (χ0) is 19.5.